The van der Waals surface area contributed by atoms with Crippen LogP contribution in [0.2, 0.25) is 0 Å². The predicted molar refractivity (Wildman–Crippen MR) is 75.6 cm³/mol. The Bertz CT molecular complexity index is 303. The number of hydrogen-bond donors (Lipinski definition) is 2. The Labute approximate surface area is 116 Å². The summed E-state index contributed by atoms with van der Waals surface area (Å²) in [6.45, 7) is 5.07. The number of carbonyl (C=O) groups is 1. The van der Waals surface area contributed by atoms with Crippen molar-refractivity contribution in [2.24, 2.45) is 17.6 Å². The van der Waals surface area contributed by atoms with Crippen molar-refractivity contribution in [1.29, 1.82) is 0 Å². The molecule has 0 atom stereocenters. The second-order valence-electron chi connectivity index (χ2n) is 6.80. The normalized spacial score (nSPS) is 34.3. The number of β-amino-alcohol motifs (C(OH)–C–C–N with tert-alkyl or cyclic N) is 1. The largest absolute Gasteiger partial charge is 0.389 e. The zero-order valence-corrected chi connectivity index (χ0v) is 12.1. The first-order valence-corrected chi connectivity index (χ1v) is 7.70. The lowest BCUT2D eigenvalue weighted by Crippen LogP contribution is -2.48. The van der Waals surface area contributed by atoms with E-state index in [9.17, 15) is 9.90 Å². The molecule has 1 saturated heterocycles. The first-order valence-electron chi connectivity index (χ1n) is 7.70. The van der Waals surface area contributed by atoms with Crippen LogP contribution in [0.15, 0.2) is 0 Å². The number of rotatable bonds is 4. The molecule has 2 rings (SSSR count). The molecule has 0 aromatic carbocycles. The quantitative estimate of drug-likeness (QED) is 0.812. The summed E-state index contributed by atoms with van der Waals surface area (Å²) in [6, 6.07) is 0. The summed E-state index contributed by atoms with van der Waals surface area (Å²) < 4.78 is 0. The zero-order chi connectivity index (χ0) is 13.9. The molecule has 0 unspecified atom stereocenters. The molecule has 1 aliphatic heterocycles. The minimum absolute atomic E-state index is 0.182. The lowest BCUT2D eigenvalue weighted by atomic mass is 9.79. The van der Waals surface area contributed by atoms with Crippen LogP contribution in [0.5, 0.6) is 0 Å². The van der Waals surface area contributed by atoms with Crippen LogP contribution in [-0.2, 0) is 4.79 Å². The van der Waals surface area contributed by atoms with Gasteiger partial charge in [-0.2, -0.15) is 0 Å². The molecule has 4 nitrogen and oxygen atoms in total. The van der Waals surface area contributed by atoms with Gasteiger partial charge < -0.3 is 15.7 Å². The van der Waals surface area contributed by atoms with Gasteiger partial charge in [0.25, 0.3) is 0 Å². The number of hydrogen-bond acceptors (Lipinski definition) is 3. The highest BCUT2D eigenvalue weighted by atomic mass is 16.3. The van der Waals surface area contributed by atoms with Gasteiger partial charge in [0.05, 0.1) is 5.60 Å². The van der Waals surface area contributed by atoms with Gasteiger partial charge in [-0.05, 0) is 63.5 Å². The van der Waals surface area contributed by atoms with Gasteiger partial charge in [0, 0.05) is 13.0 Å². The zero-order valence-electron chi connectivity index (χ0n) is 12.1. The summed E-state index contributed by atoms with van der Waals surface area (Å²) in [5.41, 5.74) is 4.78. The van der Waals surface area contributed by atoms with Crippen molar-refractivity contribution >= 4 is 5.91 Å². The topological polar surface area (TPSA) is 66.6 Å². The molecular formula is C15H28N2O2. The highest BCUT2D eigenvalue weighted by molar-refractivity contribution is 5.73. The van der Waals surface area contributed by atoms with E-state index in [0.717, 1.165) is 64.1 Å². The van der Waals surface area contributed by atoms with Gasteiger partial charge in [-0.25, -0.2) is 0 Å². The standard InChI is InChI=1S/C15H28N2O2/c1-12-2-6-15(19,7-3-12)11-17-8-4-13(5-9-17)10-14(16)18/h12-13,19H,2-11H2,1H3,(H2,16,18). The van der Waals surface area contributed by atoms with Gasteiger partial charge in [0.15, 0.2) is 0 Å². The first kappa shape index (κ1) is 14.8. The third-order valence-corrected chi connectivity index (χ3v) is 4.92. The maximum absolute atomic E-state index is 10.9. The van der Waals surface area contributed by atoms with Crippen molar-refractivity contribution in [2.45, 2.75) is 57.5 Å². The van der Waals surface area contributed by atoms with Crippen molar-refractivity contribution in [3.05, 3.63) is 0 Å². The van der Waals surface area contributed by atoms with Crippen LogP contribution in [-0.4, -0.2) is 41.1 Å². The number of carbonyl (C=O) groups excluding carboxylic acids is 1. The summed E-state index contributed by atoms with van der Waals surface area (Å²) in [5.74, 6) is 1.04. The molecule has 0 spiro atoms. The van der Waals surface area contributed by atoms with E-state index in [0.29, 0.717) is 12.3 Å². The summed E-state index contributed by atoms with van der Waals surface area (Å²) in [5, 5.41) is 10.6. The maximum atomic E-state index is 10.9. The summed E-state index contributed by atoms with van der Waals surface area (Å²) in [6.07, 6.45) is 6.77. The number of likely N-dealkylation sites (tertiary alicyclic amines) is 1. The summed E-state index contributed by atoms with van der Waals surface area (Å²) in [4.78, 5) is 13.3. The number of aliphatic hydroxyl groups is 1. The number of nitrogens with two attached hydrogens (primary N) is 1. The van der Waals surface area contributed by atoms with Crippen molar-refractivity contribution in [3.8, 4) is 0 Å². The van der Waals surface area contributed by atoms with Crippen LogP contribution in [0.4, 0.5) is 0 Å². The molecule has 1 heterocycles. The van der Waals surface area contributed by atoms with E-state index in [1.165, 1.54) is 0 Å². The maximum Gasteiger partial charge on any atom is 0.217 e. The molecule has 4 heteroatoms. The van der Waals surface area contributed by atoms with E-state index < -0.39 is 5.60 Å². The van der Waals surface area contributed by atoms with Crippen LogP contribution in [0, 0.1) is 11.8 Å². The molecule has 0 bridgehead atoms. The average Bonchev–Trinajstić information content (AvgIpc) is 2.35. The van der Waals surface area contributed by atoms with Crippen LogP contribution >= 0.6 is 0 Å². The lowest BCUT2D eigenvalue weighted by Gasteiger charge is -2.41. The van der Waals surface area contributed by atoms with E-state index in [1.54, 1.807) is 0 Å². The molecule has 110 valence electrons. The molecule has 0 aromatic rings. The van der Waals surface area contributed by atoms with Gasteiger partial charge in [-0.15, -0.1) is 0 Å². The minimum Gasteiger partial charge on any atom is -0.389 e. The number of piperidine rings is 1. The Morgan fingerprint density at radius 3 is 2.37 bits per heavy atom. The Morgan fingerprint density at radius 2 is 1.84 bits per heavy atom. The lowest BCUT2D eigenvalue weighted by molar-refractivity contribution is -0.119. The molecular weight excluding hydrogens is 240 g/mol. The summed E-state index contributed by atoms with van der Waals surface area (Å²) in [7, 11) is 0. The Hall–Kier alpha value is -0.610. The van der Waals surface area contributed by atoms with E-state index in [2.05, 4.69) is 11.8 Å². The van der Waals surface area contributed by atoms with Crippen LogP contribution < -0.4 is 5.73 Å². The second kappa shape index (κ2) is 6.23. The minimum atomic E-state index is -0.469. The van der Waals surface area contributed by atoms with Crippen molar-refractivity contribution in [3.63, 3.8) is 0 Å². The van der Waals surface area contributed by atoms with Crippen LogP contribution in [0.3, 0.4) is 0 Å². The number of amides is 1. The fourth-order valence-corrected chi connectivity index (χ4v) is 3.51. The Balaban J connectivity index is 1.74. The van der Waals surface area contributed by atoms with Gasteiger partial charge in [0.1, 0.15) is 0 Å². The number of primary amides is 1. The molecule has 0 aromatic heterocycles. The third kappa shape index (κ3) is 4.46. The van der Waals surface area contributed by atoms with Crippen LogP contribution in [0.25, 0.3) is 0 Å². The van der Waals surface area contributed by atoms with Gasteiger partial charge in [0.2, 0.25) is 5.91 Å². The van der Waals surface area contributed by atoms with E-state index in [4.69, 9.17) is 5.73 Å². The molecule has 2 aliphatic rings. The molecule has 1 saturated carbocycles. The number of nitrogens with zero attached hydrogens (tertiary/aromatic N) is 1. The van der Waals surface area contributed by atoms with E-state index >= 15 is 0 Å². The second-order valence-corrected chi connectivity index (χ2v) is 6.80. The molecule has 19 heavy (non-hydrogen) atoms. The Morgan fingerprint density at radius 1 is 1.26 bits per heavy atom. The molecule has 0 radical (unpaired) electrons. The van der Waals surface area contributed by atoms with E-state index in [1.807, 2.05) is 0 Å². The van der Waals surface area contributed by atoms with Crippen molar-refractivity contribution in [1.82, 2.24) is 4.90 Å². The molecule has 1 aliphatic carbocycles. The molecule has 1 amide bonds. The smallest absolute Gasteiger partial charge is 0.217 e. The van der Waals surface area contributed by atoms with Gasteiger partial charge in [-0.1, -0.05) is 6.92 Å². The highest BCUT2D eigenvalue weighted by Crippen LogP contribution is 2.33. The first-order chi connectivity index (χ1) is 8.97. The van der Waals surface area contributed by atoms with E-state index in [-0.39, 0.29) is 5.91 Å². The third-order valence-electron chi connectivity index (χ3n) is 4.92. The predicted octanol–water partition coefficient (Wildman–Crippen LogP) is 1.51. The Kier molecular flexibility index (Phi) is 4.85. The monoisotopic (exact) mass is 268 g/mol. The van der Waals surface area contributed by atoms with Crippen molar-refractivity contribution in [2.75, 3.05) is 19.6 Å². The SMILES string of the molecule is CC1CCC(O)(CN2CCC(CC(N)=O)CC2)CC1. The van der Waals surface area contributed by atoms with Crippen LogP contribution in [0.1, 0.15) is 51.9 Å². The summed E-state index contributed by atoms with van der Waals surface area (Å²) >= 11 is 0. The van der Waals surface area contributed by atoms with Gasteiger partial charge in [-0.3, -0.25) is 4.79 Å². The van der Waals surface area contributed by atoms with Gasteiger partial charge >= 0.3 is 0 Å². The highest BCUT2D eigenvalue weighted by Gasteiger charge is 2.34. The molecule has 2 fully saturated rings. The molecule has 3 N–H and O–H groups in total. The fourth-order valence-electron chi connectivity index (χ4n) is 3.51. The van der Waals surface area contributed by atoms with Crippen molar-refractivity contribution < 1.29 is 9.90 Å². The fraction of sp³-hybridized carbons (Fsp3) is 0.933. The average molecular weight is 268 g/mol.